The number of ether oxygens (including phenoxy) is 1. The minimum absolute atomic E-state index is 0.143. The third-order valence-electron chi connectivity index (χ3n) is 1.85. The fourth-order valence-corrected chi connectivity index (χ4v) is 1.13. The van der Waals surface area contributed by atoms with Crippen LogP contribution in [0.1, 0.15) is 5.56 Å². The number of methoxy groups -OCH3 is 1. The van der Waals surface area contributed by atoms with Crippen molar-refractivity contribution in [2.45, 2.75) is 6.61 Å². The van der Waals surface area contributed by atoms with Crippen LogP contribution in [0.5, 0.6) is 5.75 Å². The highest BCUT2D eigenvalue weighted by Crippen LogP contribution is 2.19. The zero-order valence-electron chi connectivity index (χ0n) is 7.51. The first kappa shape index (κ1) is 10.9. The van der Waals surface area contributed by atoms with Crippen LogP contribution in [-0.2, 0) is 6.61 Å². The van der Waals surface area contributed by atoms with Gasteiger partial charge in [-0.25, -0.2) is 0 Å². The van der Waals surface area contributed by atoms with E-state index in [1.54, 1.807) is 0 Å². The van der Waals surface area contributed by atoms with E-state index in [-0.39, 0.29) is 11.3 Å². The Bertz CT molecular complexity index is 325. The van der Waals surface area contributed by atoms with Crippen molar-refractivity contribution >= 4 is 12.4 Å². The van der Waals surface area contributed by atoms with Gasteiger partial charge in [-0.1, -0.05) is 12.1 Å². The van der Waals surface area contributed by atoms with E-state index < -0.39 is 19.0 Å². The van der Waals surface area contributed by atoms with Crippen molar-refractivity contribution in [2.75, 3.05) is 7.11 Å². The summed E-state index contributed by atoms with van der Waals surface area (Å²) in [5.74, 6) is 0.260. The highest BCUT2D eigenvalue weighted by atomic mass is 19.4. The summed E-state index contributed by atoms with van der Waals surface area (Å²) in [5.41, 5.74) is -0.584. The monoisotopic (exact) mass is 205 g/mol. The van der Waals surface area contributed by atoms with Gasteiger partial charge in [-0.3, -0.25) is 0 Å². The van der Waals surface area contributed by atoms with Gasteiger partial charge in [0.15, 0.2) is 0 Å². The van der Waals surface area contributed by atoms with Crippen LogP contribution in [0, 0.1) is 0 Å². The van der Waals surface area contributed by atoms with Crippen LogP contribution in [0.3, 0.4) is 0 Å². The van der Waals surface area contributed by atoms with Crippen LogP contribution in [0.4, 0.5) is 12.9 Å². The molecule has 0 bridgehead atoms. The maximum absolute atomic E-state index is 12.3. The Kier molecular flexibility index (Phi) is 3.05. The van der Waals surface area contributed by atoms with Gasteiger partial charge >= 0.3 is 6.98 Å². The van der Waals surface area contributed by atoms with Gasteiger partial charge in [0.05, 0.1) is 13.7 Å². The smallest absolute Gasteiger partial charge is 0.496 e. The number of aliphatic hydroxyl groups is 1. The number of halogens is 3. The molecule has 0 aromatic heterocycles. The largest absolute Gasteiger partial charge is 0.509 e. The van der Waals surface area contributed by atoms with Crippen LogP contribution in [0.25, 0.3) is 0 Å². The maximum atomic E-state index is 12.3. The summed E-state index contributed by atoms with van der Waals surface area (Å²) in [6, 6.07) is 3.05. The summed E-state index contributed by atoms with van der Waals surface area (Å²) in [7, 11) is 1.34. The second-order valence-electron chi connectivity index (χ2n) is 2.80. The summed E-state index contributed by atoms with van der Waals surface area (Å²) in [6.45, 7) is -5.49. The molecule has 0 saturated carbocycles. The lowest BCUT2D eigenvalue weighted by atomic mass is 9.79. The van der Waals surface area contributed by atoms with Crippen LogP contribution >= 0.6 is 0 Å². The van der Waals surface area contributed by atoms with E-state index in [1.807, 2.05) is 0 Å². The normalized spacial score (nSPS) is 11.5. The van der Waals surface area contributed by atoms with Crippen molar-refractivity contribution in [3.05, 3.63) is 23.8 Å². The molecule has 0 aliphatic carbocycles. The van der Waals surface area contributed by atoms with Crippen molar-refractivity contribution in [2.24, 2.45) is 0 Å². The highest BCUT2D eigenvalue weighted by Gasteiger charge is 2.26. The van der Waals surface area contributed by atoms with Gasteiger partial charge < -0.3 is 22.8 Å². The zero-order chi connectivity index (χ0) is 10.8. The van der Waals surface area contributed by atoms with Gasteiger partial charge in [0.1, 0.15) is 5.75 Å². The van der Waals surface area contributed by atoms with Gasteiger partial charge in [0.25, 0.3) is 0 Å². The summed E-state index contributed by atoms with van der Waals surface area (Å²) >= 11 is 0. The summed E-state index contributed by atoms with van der Waals surface area (Å²) in [4.78, 5) is 0. The topological polar surface area (TPSA) is 29.5 Å². The van der Waals surface area contributed by atoms with E-state index in [1.165, 1.54) is 13.2 Å². The standard InChI is InChI=1S/C8H9BF3O2/c1-14-8-3-2-7(9(10,11)12)4-6(8)5-13/h2-4,13H,5H2,1H3/q-1. The third kappa shape index (κ3) is 2.20. The molecule has 0 atom stereocenters. The summed E-state index contributed by atoms with van der Waals surface area (Å²) in [5, 5.41) is 8.80. The molecule has 0 unspecified atom stereocenters. The number of rotatable bonds is 3. The third-order valence-corrected chi connectivity index (χ3v) is 1.85. The minimum atomic E-state index is -5.02. The molecule has 14 heavy (non-hydrogen) atoms. The number of aliphatic hydroxyl groups excluding tert-OH is 1. The van der Waals surface area contributed by atoms with Crippen molar-refractivity contribution < 1.29 is 22.8 Å². The second kappa shape index (κ2) is 3.92. The number of hydrogen-bond donors (Lipinski definition) is 1. The van der Waals surface area contributed by atoms with Crippen LogP contribution in [0.15, 0.2) is 18.2 Å². The predicted molar refractivity (Wildman–Crippen MR) is 47.6 cm³/mol. The van der Waals surface area contributed by atoms with Gasteiger partial charge in [-0.2, -0.15) is 0 Å². The molecule has 0 heterocycles. The molecule has 2 nitrogen and oxygen atoms in total. The fourth-order valence-electron chi connectivity index (χ4n) is 1.13. The van der Waals surface area contributed by atoms with E-state index in [2.05, 4.69) is 0 Å². The minimum Gasteiger partial charge on any atom is -0.496 e. The first-order valence-electron chi connectivity index (χ1n) is 3.96. The number of benzene rings is 1. The van der Waals surface area contributed by atoms with E-state index >= 15 is 0 Å². The van der Waals surface area contributed by atoms with Gasteiger partial charge in [-0.05, 0) is 6.07 Å². The van der Waals surface area contributed by atoms with Crippen molar-refractivity contribution in [3.63, 3.8) is 0 Å². The molecule has 0 fully saturated rings. The predicted octanol–water partition coefficient (Wildman–Crippen LogP) is 1.24. The van der Waals surface area contributed by atoms with E-state index in [0.29, 0.717) is 0 Å². The molecule has 0 radical (unpaired) electrons. The Morgan fingerprint density at radius 1 is 1.36 bits per heavy atom. The quantitative estimate of drug-likeness (QED) is 0.752. The van der Waals surface area contributed by atoms with E-state index in [4.69, 9.17) is 9.84 Å². The lowest BCUT2D eigenvalue weighted by Gasteiger charge is -2.16. The Hall–Kier alpha value is -1.17. The average Bonchev–Trinajstić information content (AvgIpc) is 2.15. The molecule has 1 aromatic carbocycles. The molecule has 78 valence electrons. The number of hydrogen-bond acceptors (Lipinski definition) is 2. The molecule has 0 aliphatic rings. The second-order valence-corrected chi connectivity index (χ2v) is 2.80. The first-order chi connectivity index (χ1) is 6.49. The fraction of sp³-hybridized carbons (Fsp3) is 0.250. The Balaban J connectivity index is 3.14. The molecule has 1 aromatic rings. The molecule has 0 spiro atoms. The van der Waals surface area contributed by atoms with E-state index in [9.17, 15) is 12.9 Å². The Labute approximate surface area is 79.4 Å². The van der Waals surface area contributed by atoms with Crippen LogP contribution in [-0.4, -0.2) is 19.2 Å². The molecule has 1 N–H and O–H groups in total. The molecule has 0 amide bonds. The molecular weight excluding hydrogens is 196 g/mol. The van der Waals surface area contributed by atoms with Gasteiger partial charge in [0.2, 0.25) is 0 Å². The SMILES string of the molecule is COc1ccc([B-](F)(F)F)cc1CO. The molecular formula is C8H9BF3O2-. The van der Waals surface area contributed by atoms with Crippen LogP contribution < -0.4 is 10.2 Å². The highest BCUT2D eigenvalue weighted by molar-refractivity contribution is 6.73. The summed E-state index contributed by atoms with van der Waals surface area (Å²) < 4.78 is 41.6. The average molecular weight is 205 g/mol. The lowest BCUT2D eigenvalue weighted by Crippen LogP contribution is -2.34. The molecule has 0 aliphatic heterocycles. The zero-order valence-corrected chi connectivity index (χ0v) is 7.51. The van der Waals surface area contributed by atoms with Crippen LogP contribution in [0.2, 0.25) is 0 Å². The van der Waals surface area contributed by atoms with Crippen molar-refractivity contribution in [3.8, 4) is 5.75 Å². The maximum Gasteiger partial charge on any atom is 0.509 e. The van der Waals surface area contributed by atoms with Crippen molar-refractivity contribution in [1.29, 1.82) is 0 Å². The molecule has 6 heteroatoms. The lowest BCUT2D eigenvalue weighted by molar-refractivity contribution is 0.274. The summed E-state index contributed by atoms with van der Waals surface area (Å²) in [6.07, 6.45) is 0. The van der Waals surface area contributed by atoms with Gasteiger partial charge in [0, 0.05) is 5.56 Å². The van der Waals surface area contributed by atoms with Gasteiger partial charge in [-0.15, -0.1) is 5.46 Å². The molecule has 0 saturated heterocycles. The Morgan fingerprint density at radius 2 is 2.00 bits per heavy atom. The Morgan fingerprint density at radius 3 is 2.43 bits per heavy atom. The van der Waals surface area contributed by atoms with Crippen molar-refractivity contribution in [1.82, 2.24) is 0 Å². The first-order valence-corrected chi connectivity index (χ1v) is 3.96. The molecule has 1 rings (SSSR count). The van der Waals surface area contributed by atoms with E-state index in [0.717, 1.165) is 12.1 Å².